The summed E-state index contributed by atoms with van der Waals surface area (Å²) in [6.07, 6.45) is 4.41. The molecule has 1 amide bonds. The monoisotopic (exact) mass is 350 g/mol. The molecule has 3 aromatic rings. The largest absolute Gasteiger partial charge is 0.324 e. The van der Waals surface area contributed by atoms with Crippen LogP contribution in [0.1, 0.15) is 22.4 Å². The van der Waals surface area contributed by atoms with Crippen molar-refractivity contribution in [1.29, 1.82) is 5.26 Å². The van der Waals surface area contributed by atoms with Gasteiger partial charge in [0, 0.05) is 10.6 Å². The fraction of sp³-hybridized carbons (Fsp3) is 0.222. The molecule has 124 valence electrons. The molecule has 7 heteroatoms. The molecule has 0 spiro atoms. The summed E-state index contributed by atoms with van der Waals surface area (Å²) in [5, 5.41) is 12.3. The van der Waals surface area contributed by atoms with E-state index >= 15 is 0 Å². The number of aryl methyl sites for hydroxylation is 2. The van der Waals surface area contributed by atoms with Crippen LogP contribution in [0, 0.1) is 11.3 Å². The van der Waals surface area contributed by atoms with Gasteiger partial charge in [0.05, 0.1) is 23.3 Å². The molecule has 0 unspecified atom stereocenters. The molecule has 1 N–H and O–H groups in total. The number of anilines is 1. The van der Waals surface area contributed by atoms with Crippen LogP contribution < -0.4 is 10.9 Å². The number of fused-ring (bicyclic) bond motifs is 3. The minimum atomic E-state index is -0.329. The summed E-state index contributed by atoms with van der Waals surface area (Å²) in [5.74, 6) is -0.329. The Balaban J connectivity index is 1.60. The van der Waals surface area contributed by atoms with Gasteiger partial charge < -0.3 is 5.32 Å². The van der Waals surface area contributed by atoms with Crippen LogP contribution in [0.15, 0.2) is 35.4 Å². The fourth-order valence-corrected chi connectivity index (χ4v) is 4.37. The first-order valence-electron chi connectivity index (χ1n) is 7.95. The molecule has 0 saturated heterocycles. The van der Waals surface area contributed by atoms with Crippen molar-refractivity contribution in [1.82, 2.24) is 9.55 Å². The Morgan fingerprint density at radius 1 is 1.40 bits per heavy atom. The van der Waals surface area contributed by atoms with Gasteiger partial charge >= 0.3 is 0 Å². The fourth-order valence-electron chi connectivity index (χ4n) is 3.15. The Morgan fingerprint density at radius 3 is 3.12 bits per heavy atom. The van der Waals surface area contributed by atoms with E-state index in [9.17, 15) is 9.59 Å². The zero-order chi connectivity index (χ0) is 17.4. The number of hydrogen-bond donors (Lipinski definition) is 1. The van der Waals surface area contributed by atoms with E-state index in [4.69, 9.17) is 5.26 Å². The molecular weight excluding hydrogens is 336 g/mol. The van der Waals surface area contributed by atoms with E-state index in [1.165, 1.54) is 15.8 Å². The average molecular weight is 350 g/mol. The van der Waals surface area contributed by atoms with Gasteiger partial charge in [-0.15, -0.1) is 11.3 Å². The van der Waals surface area contributed by atoms with Crippen LogP contribution in [0.4, 0.5) is 5.69 Å². The maximum Gasteiger partial charge on any atom is 0.262 e. The predicted octanol–water partition coefficient (Wildman–Crippen LogP) is 2.46. The highest BCUT2D eigenvalue weighted by Crippen LogP contribution is 2.34. The lowest BCUT2D eigenvalue weighted by Gasteiger charge is -2.07. The van der Waals surface area contributed by atoms with Gasteiger partial charge in [-0.1, -0.05) is 6.07 Å². The molecule has 4 rings (SSSR count). The van der Waals surface area contributed by atoms with E-state index < -0.39 is 0 Å². The maximum atomic E-state index is 12.7. The molecule has 0 bridgehead atoms. The van der Waals surface area contributed by atoms with Crippen LogP contribution in [0.3, 0.4) is 0 Å². The second kappa shape index (κ2) is 6.15. The molecule has 2 aromatic heterocycles. The number of hydrogen-bond acceptors (Lipinski definition) is 5. The first-order valence-corrected chi connectivity index (χ1v) is 8.77. The summed E-state index contributed by atoms with van der Waals surface area (Å²) in [4.78, 5) is 31.4. The van der Waals surface area contributed by atoms with E-state index in [1.807, 2.05) is 6.07 Å². The number of nitrogens with one attached hydrogen (secondary N) is 1. The van der Waals surface area contributed by atoms with Crippen molar-refractivity contribution in [2.24, 2.45) is 0 Å². The first kappa shape index (κ1) is 15.5. The highest BCUT2D eigenvalue weighted by Gasteiger charge is 2.21. The van der Waals surface area contributed by atoms with Crippen LogP contribution in [0.25, 0.3) is 10.2 Å². The lowest BCUT2D eigenvalue weighted by atomic mass is 10.2. The molecule has 1 aromatic carbocycles. The van der Waals surface area contributed by atoms with Crippen LogP contribution in [0.5, 0.6) is 0 Å². The summed E-state index contributed by atoms with van der Waals surface area (Å²) in [6.45, 7) is -0.108. The number of aromatic nitrogens is 2. The van der Waals surface area contributed by atoms with E-state index in [1.54, 1.807) is 35.6 Å². The maximum absolute atomic E-state index is 12.7. The SMILES string of the molecule is N#Cc1cccc(NC(=O)Cn2cnc3sc4c(c3c2=O)CCC4)c1. The third-order valence-corrected chi connectivity index (χ3v) is 5.48. The molecule has 1 aliphatic carbocycles. The van der Waals surface area contributed by atoms with Gasteiger partial charge in [0.2, 0.25) is 5.91 Å². The van der Waals surface area contributed by atoms with Crippen molar-refractivity contribution in [3.8, 4) is 6.07 Å². The van der Waals surface area contributed by atoms with Crippen molar-refractivity contribution in [2.75, 3.05) is 5.32 Å². The standard InChI is InChI=1S/C18H14N4O2S/c19-8-11-3-1-4-12(7-11)21-15(23)9-22-10-20-17-16(18(22)24)13-5-2-6-14(13)25-17/h1,3-4,7,10H,2,5-6,9H2,(H,21,23). The van der Waals surface area contributed by atoms with Crippen LogP contribution in [0.2, 0.25) is 0 Å². The van der Waals surface area contributed by atoms with E-state index in [0.29, 0.717) is 16.6 Å². The number of nitrogens with zero attached hydrogens (tertiary/aromatic N) is 3. The Kier molecular flexibility index (Phi) is 3.82. The van der Waals surface area contributed by atoms with Gasteiger partial charge in [0.25, 0.3) is 5.56 Å². The van der Waals surface area contributed by atoms with Crippen molar-refractivity contribution in [3.63, 3.8) is 0 Å². The topological polar surface area (TPSA) is 87.8 Å². The second-order valence-corrected chi connectivity index (χ2v) is 7.04. The van der Waals surface area contributed by atoms with E-state index in [-0.39, 0.29) is 18.0 Å². The highest BCUT2D eigenvalue weighted by atomic mass is 32.1. The van der Waals surface area contributed by atoms with Gasteiger partial charge in [0.15, 0.2) is 0 Å². The zero-order valence-electron chi connectivity index (χ0n) is 13.3. The number of rotatable bonds is 3. The molecule has 0 fully saturated rings. The molecule has 0 atom stereocenters. The molecule has 0 radical (unpaired) electrons. The Hall–Kier alpha value is -2.98. The second-order valence-electron chi connectivity index (χ2n) is 5.96. The van der Waals surface area contributed by atoms with Crippen molar-refractivity contribution in [3.05, 3.63) is 57.0 Å². The lowest BCUT2D eigenvalue weighted by Crippen LogP contribution is -2.28. The quantitative estimate of drug-likeness (QED) is 0.786. The van der Waals surface area contributed by atoms with Gasteiger partial charge in [-0.3, -0.25) is 14.2 Å². The summed E-state index contributed by atoms with van der Waals surface area (Å²) < 4.78 is 1.34. The number of thiophene rings is 1. The van der Waals surface area contributed by atoms with Crippen molar-refractivity contribution >= 4 is 33.1 Å². The van der Waals surface area contributed by atoms with Crippen LogP contribution in [-0.2, 0) is 24.2 Å². The normalized spacial score (nSPS) is 12.8. The molecule has 6 nitrogen and oxygen atoms in total. The van der Waals surface area contributed by atoms with Gasteiger partial charge in [-0.05, 0) is 43.0 Å². The number of carbonyl (C=O) groups excluding carboxylic acids is 1. The van der Waals surface area contributed by atoms with Gasteiger partial charge in [0.1, 0.15) is 11.4 Å². The zero-order valence-corrected chi connectivity index (χ0v) is 14.1. The number of benzene rings is 1. The van der Waals surface area contributed by atoms with Crippen LogP contribution in [-0.4, -0.2) is 15.5 Å². The Bertz CT molecular complexity index is 1090. The third kappa shape index (κ3) is 2.81. The Labute approximate surface area is 147 Å². The highest BCUT2D eigenvalue weighted by molar-refractivity contribution is 7.18. The molecule has 0 aliphatic heterocycles. The molecule has 1 aliphatic rings. The Morgan fingerprint density at radius 2 is 2.28 bits per heavy atom. The van der Waals surface area contributed by atoms with E-state index in [2.05, 4.69) is 10.3 Å². The van der Waals surface area contributed by atoms with Gasteiger partial charge in [-0.25, -0.2) is 4.98 Å². The molecule has 2 heterocycles. The molecule has 0 saturated carbocycles. The third-order valence-electron chi connectivity index (χ3n) is 4.28. The summed E-state index contributed by atoms with van der Waals surface area (Å²) >= 11 is 1.58. The first-order chi connectivity index (χ1) is 12.2. The predicted molar refractivity (Wildman–Crippen MR) is 95.7 cm³/mol. The average Bonchev–Trinajstić information content (AvgIpc) is 3.18. The minimum absolute atomic E-state index is 0.108. The number of nitriles is 1. The van der Waals surface area contributed by atoms with Crippen molar-refractivity contribution in [2.45, 2.75) is 25.8 Å². The van der Waals surface area contributed by atoms with Gasteiger partial charge in [-0.2, -0.15) is 5.26 Å². The summed E-state index contributed by atoms with van der Waals surface area (Å²) in [5.41, 5.74) is 1.94. The van der Waals surface area contributed by atoms with Crippen molar-refractivity contribution < 1.29 is 4.79 Å². The number of amides is 1. The molecule has 25 heavy (non-hydrogen) atoms. The summed E-state index contributed by atoms with van der Waals surface area (Å²) in [7, 11) is 0. The summed E-state index contributed by atoms with van der Waals surface area (Å²) in [6, 6.07) is 8.68. The lowest BCUT2D eigenvalue weighted by molar-refractivity contribution is -0.116. The molecular formula is C18H14N4O2S. The smallest absolute Gasteiger partial charge is 0.262 e. The number of carbonyl (C=O) groups is 1. The van der Waals surface area contributed by atoms with E-state index in [0.717, 1.165) is 29.7 Å². The minimum Gasteiger partial charge on any atom is -0.324 e. The van der Waals surface area contributed by atoms with Crippen LogP contribution >= 0.6 is 11.3 Å².